The van der Waals surface area contributed by atoms with Crippen LogP contribution in [0.15, 0.2) is 54.1 Å². The van der Waals surface area contributed by atoms with Gasteiger partial charge in [0.05, 0.1) is 13.2 Å². The van der Waals surface area contributed by atoms with Crippen LogP contribution in [0, 0.1) is 0 Å². The van der Waals surface area contributed by atoms with E-state index in [0.29, 0.717) is 31.2 Å². The minimum Gasteiger partial charge on any atom is -0.488 e. The topological polar surface area (TPSA) is 62.2 Å². The van der Waals surface area contributed by atoms with E-state index in [9.17, 15) is 9.90 Å². The summed E-state index contributed by atoms with van der Waals surface area (Å²) in [6.07, 6.45) is 3.26. The maximum atomic E-state index is 13.3. The highest BCUT2D eigenvalue weighted by Crippen LogP contribution is 2.38. The van der Waals surface area contributed by atoms with Gasteiger partial charge in [0.25, 0.3) is 5.91 Å². The summed E-state index contributed by atoms with van der Waals surface area (Å²) in [5.74, 6) is 0.151. The van der Waals surface area contributed by atoms with E-state index >= 15 is 0 Å². The zero-order valence-electron chi connectivity index (χ0n) is 15.1. The monoisotopic (exact) mass is 356 g/mol. The smallest absolute Gasteiger partial charge is 0.276 e. The third kappa shape index (κ3) is 2.79. The van der Waals surface area contributed by atoms with Crippen molar-refractivity contribution in [1.82, 2.24) is 9.80 Å². The van der Waals surface area contributed by atoms with Gasteiger partial charge in [-0.3, -0.25) is 4.79 Å². The third-order valence-corrected chi connectivity index (χ3v) is 5.26. The van der Waals surface area contributed by atoms with Gasteiger partial charge < -0.3 is 24.4 Å². The predicted molar refractivity (Wildman–Crippen MR) is 95.4 cm³/mol. The van der Waals surface area contributed by atoms with Crippen LogP contribution in [0.4, 0.5) is 0 Å². The van der Waals surface area contributed by atoms with Crippen LogP contribution < -0.4 is 0 Å². The summed E-state index contributed by atoms with van der Waals surface area (Å²) >= 11 is 0. The summed E-state index contributed by atoms with van der Waals surface area (Å²) < 4.78 is 11.9. The Morgan fingerprint density at radius 1 is 1.35 bits per heavy atom. The molecule has 3 aliphatic heterocycles. The number of piperazine rings is 1. The molecule has 0 radical (unpaired) electrons. The zero-order valence-corrected chi connectivity index (χ0v) is 15.1. The van der Waals surface area contributed by atoms with E-state index in [-0.39, 0.29) is 11.9 Å². The molecule has 1 unspecified atom stereocenters. The number of amides is 1. The average Bonchev–Trinajstić information content (AvgIpc) is 2.62. The number of aliphatic hydroxyl groups excluding tert-OH is 1. The number of hydrogen-bond donors (Lipinski definition) is 1. The Hall–Kier alpha value is -2.31. The van der Waals surface area contributed by atoms with E-state index in [0.717, 1.165) is 12.0 Å². The fourth-order valence-corrected chi connectivity index (χ4v) is 3.96. The third-order valence-electron chi connectivity index (χ3n) is 5.26. The van der Waals surface area contributed by atoms with Gasteiger partial charge in [0.15, 0.2) is 11.5 Å². The van der Waals surface area contributed by atoms with E-state index in [1.165, 1.54) is 0 Å². The van der Waals surface area contributed by atoms with Crippen molar-refractivity contribution in [3.8, 4) is 0 Å². The molecule has 1 amide bonds. The van der Waals surface area contributed by atoms with E-state index < -0.39 is 11.8 Å². The minimum atomic E-state index is -0.931. The van der Waals surface area contributed by atoms with Crippen LogP contribution in [0.25, 0.3) is 0 Å². The summed E-state index contributed by atoms with van der Waals surface area (Å²) in [5, 5.41) is 10.4. The van der Waals surface area contributed by atoms with Crippen molar-refractivity contribution in [1.29, 1.82) is 0 Å². The molecule has 3 aliphatic rings. The number of rotatable bonds is 3. The average molecular weight is 356 g/mol. The Balaban J connectivity index is 1.67. The molecule has 0 bridgehead atoms. The number of nitrogens with zero attached hydrogens (tertiary/aromatic N) is 2. The first-order valence-corrected chi connectivity index (χ1v) is 9.01. The Morgan fingerprint density at radius 2 is 2.12 bits per heavy atom. The molecule has 26 heavy (non-hydrogen) atoms. The number of hydrogen-bond acceptors (Lipinski definition) is 5. The molecular formula is C20H24N2O4. The molecule has 0 aliphatic carbocycles. The summed E-state index contributed by atoms with van der Waals surface area (Å²) in [6.45, 7) is 5.43. The lowest BCUT2D eigenvalue weighted by molar-refractivity contribution is -0.212. The van der Waals surface area contributed by atoms with Gasteiger partial charge in [-0.05, 0) is 31.9 Å². The number of benzene rings is 1. The van der Waals surface area contributed by atoms with Crippen molar-refractivity contribution in [3.05, 3.63) is 59.6 Å². The van der Waals surface area contributed by atoms with Crippen molar-refractivity contribution >= 4 is 5.91 Å². The van der Waals surface area contributed by atoms with Gasteiger partial charge in [-0.1, -0.05) is 30.3 Å². The lowest BCUT2D eigenvalue weighted by Gasteiger charge is -2.54. The first-order valence-electron chi connectivity index (χ1n) is 9.01. The summed E-state index contributed by atoms with van der Waals surface area (Å²) in [7, 11) is 0. The van der Waals surface area contributed by atoms with Gasteiger partial charge in [0, 0.05) is 12.2 Å². The molecule has 1 N–H and O–H groups in total. The van der Waals surface area contributed by atoms with Crippen LogP contribution in [0.3, 0.4) is 0 Å². The van der Waals surface area contributed by atoms with Gasteiger partial charge >= 0.3 is 0 Å². The minimum absolute atomic E-state index is 0.0781. The van der Waals surface area contributed by atoms with Crippen LogP contribution in [0.2, 0.25) is 0 Å². The van der Waals surface area contributed by atoms with Crippen LogP contribution >= 0.6 is 0 Å². The molecule has 0 saturated carbocycles. The second-order valence-electron chi connectivity index (χ2n) is 7.24. The molecule has 0 aromatic heterocycles. The Morgan fingerprint density at radius 3 is 2.88 bits per heavy atom. The molecule has 6 heteroatoms. The van der Waals surface area contributed by atoms with E-state index in [1.54, 1.807) is 17.2 Å². The van der Waals surface area contributed by atoms with Gasteiger partial charge in [-0.15, -0.1) is 0 Å². The van der Waals surface area contributed by atoms with Crippen molar-refractivity contribution in [3.63, 3.8) is 0 Å². The SMILES string of the molecule is C[C@@H]1CCO[C@@]2(C)CN3C=CC(O)C(OCc4ccccc4)=C3C(=O)N12. The first-order chi connectivity index (χ1) is 12.5. The van der Waals surface area contributed by atoms with Gasteiger partial charge in [-0.2, -0.15) is 0 Å². The van der Waals surface area contributed by atoms with Crippen LogP contribution in [0.5, 0.6) is 0 Å². The zero-order chi connectivity index (χ0) is 18.3. The number of ether oxygens (including phenoxy) is 2. The largest absolute Gasteiger partial charge is 0.488 e. The number of carbonyl (C=O) groups excluding carboxylic acids is 1. The molecule has 0 spiro atoms. The molecule has 4 rings (SSSR count). The normalized spacial score (nSPS) is 31.0. The second kappa shape index (κ2) is 6.45. The molecule has 3 heterocycles. The quantitative estimate of drug-likeness (QED) is 0.897. The molecule has 1 aromatic carbocycles. The second-order valence-corrected chi connectivity index (χ2v) is 7.24. The molecule has 2 saturated heterocycles. The van der Waals surface area contributed by atoms with Crippen LogP contribution in [0.1, 0.15) is 25.8 Å². The first kappa shape index (κ1) is 17.1. The van der Waals surface area contributed by atoms with Crippen molar-refractivity contribution < 1.29 is 19.4 Å². The fourth-order valence-electron chi connectivity index (χ4n) is 3.96. The van der Waals surface area contributed by atoms with Gasteiger partial charge in [0.1, 0.15) is 18.4 Å². The number of aliphatic hydroxyl groups is 1. The fraction of sp³-hybridized carbons (Fsp3) is 0.450. The predicted octanol–water partition coefficient (Wildman–Crippen LogP) is 1.97. The van der Waals surface area contributed by atoms with E-state index in [2.05, 4.69) is 0 Å². The van der Waals surface area contributed by atoms with Crippen LogP contribution in [-0.2, 0) is 20.9 Å². The van der Waals surface area contributed by atoms with E-state index in [4.69, 9.17) is 9.47 Å². The van der Waals surface area contributed by atoms with Gasteiger partial charge in [-0.25, -0.2) is 0 Å². The van der Waals surface area contributed by atoms with Crippen molar-refractivity contribution in [2.75, 3.05) is 13.2 Å². The molecular weight excluding hydrogens is 332 g/mol. The van der Waals surface area contributed by atoms with Gasteiger partial charge in [0.2, 0.25) is 0 Å². The Labute approximate surface area is 153 Å². The standard InChI is InChI=1S/C20H24N2O4/c1-14-9-11-26-20(2)13-21-10-8-16(23)18(17(21)19(24)22(14)20)25-12-15-6-4-3-5-7-15/h3-8,10,14,16,23H,9,11-13H2,1-2H3/t14-,16?,20+/m1/s1. The molecule has 138 valence electrons. The van der Waals surface area contributed by atoms with Crippen LogP contribution in [-0.4, -0.2) is 51.8 Å². The molecule has 2 fully saturated rings. The highest BCUT2D eigenvalue weighted by molar-refractivity contribution is 5.95. The van der Waals surface area contributed by atoms with Crippen molar-refractivity contribution in [2.45, 2.75) is 44.7 Å². The highest BCUT2D eigenvalue weighted by Gasteiger charge is 2.51. The number of fused-ring (bicyclic) bond motifs is 2. The Bertz CT molecular complexity index is 760. The number of carbonyl (C=O) groups is 1. The summed E-state index contributed by atoms with van der Waals surface area (Å²) in [6, 6.07) is 9.79. The maximum absolute atomic E-state index is 13.3. The highest BCUT2D eigenvalue weighted by atomic mass is 16.5. The Kier molecular flexibility index (Phi) is 4.25. The maximum Gasteiger partial charge on any atom is 0.276 e. The lowest BCUT2D eigenvalue weighted by atomic mass is 9.97. The molecule has 6 nitrogen and oxygen atoms in total. The summed E-state index contributed by atoms with van der Waals surface area (Å²) in [5.41, 5.74) is 0.720. The summed E-state index contributed by atoms with van der Waals surface area (Å²) in [4.78, 5) is 16.9. The lowest BCUT2D eigenvalue weighted by Crippen LogP contribution is -2.68. The molecule has 1 aromatic rings. The molecule has 3 atom stereocenters. The van der Waals surface area contributed by atoms with E-state index in [1.807, 2.05) is 49.1 Å². The van der Waals surface area contributed by atoms with Crippen molar-refractivity contribution in [2.24, 2.45) is 0 Å².